The maximum atomic E-state index is 12.8. The smallest absolute Gasteiger partial charge is 0.314 e. The number of ether oxygens (including phenoxy) is 1. The minimum atomic E-state index is -2.17. The molecule has 0 aliphatic carbocycles. The average Bonchev–Trinajstić information content (AvgIpc) is 2.58. The van der Waals surface area contributed by atoms with Gasteiger partial charge in [-0.15, -0.1) is 0 Å². The number of carbonyl (C=O) groups is 1. The number of rotatable bonds is 5. The number of benzene rings is 2. The average molecular weight is 387 g/mol. The Hall–Kier alpha value is -1.65. The lowest BCUT2D eigenvalue weighted by atomic mass is 9.71. The summed E-state index contributed by atoms with van der Waals surface area (Å²) in [6, 6.07) is 14.6. The van der Waals surface area contributed by atoms with Crippen LogP contribution in [0.1, 0.15) is 47.1 Å². The van der Waals surface area contributed by atoms with E-state index in [4.69, 9.17) is 9.16 Å². The molecule has 0 aliphatic heterocycles. The van der Waals surface area contributed by atoms with E-state index in [1.165, 1.54) is 12.5 Å². The Morgan fingerprint density at radius 3 is 1.96 bits per heavy atom. The van der Waals surface area contributed by atoms with Crippen molar-refractivity contribution in [2.75, 3.05) is 7.11 Å². The second-order valence-electron chi connectivity index (χ2n) is 9.57. The molecule has 2 aromatic rings. The Morgan fingerprint density at radius 2 is 1.44 bits per heavy atom. The van der Waals surface area contributed by atoms with Gasteiger partial charge in [0, 0.05) is 0 Å². The van der Waals surface area contributed by atoms with Gasteiger partial charge in [0.25, 0.3) is 0 Å². The summed E-state index contributed by atoms with van der Waals surface area (Å²) in [5, 5.41) is 2.34. The first-order chi connectivity index (χ1) is 12.3. The second-order valence-corrected chi connectivity index (χ2v) is 14.3. The van der Waals surface area contributed by atoms with Gasteiger partial charge in [0.1, 0.15) is 0 Å². The summed E-state index contributed by atoms with van der Waals surface area (Å²) in [7, 11) is -0.725. The fourth-order valence-corrected chi connectivity index (χ4v) is 4.85. The molecule has 2 rings (SSSR count). The van der Waals surface area contributed by atoms with Crippen LogP contribution in [0.4, 0.5) is 0 Å². The van der Waals surface area contributed by atoms with Crippen LogP contribution >= 0.6 is 0 Å². The first-order valence-electron chi connectivity index (χ1n) is 9.54. The Kier molecular flexibility index (Phi) is 5.66. The molecule has 1 atom stereocenters. The lowest BCUT2D eigenvalue weighted by molar-refractivity contribution is -0.165. The van der Waals surface area contributed by atoms with E-state index in [-0.39, 0.29) is 11.0 Å². The van der Waals surface area contributed by atoms with Crippen LogP contribution in [-0.2, 0) is 19.6 Å². The van der Waals surface area contributed by atoms with E-state index in [0.717, 1.165) is 10.9 Å². The molecule has 0 saturated heterocycles. The molecule has 2 aromatic carbocycles. The minimum Gasteiger partial charge on any atom is -0.469 e. The molecular weight excluding hydrogens is 352 g/mol. The van der Waals surface area contributed by atoms with Crippen LogP contribution in [0, 0.1) is 5.41 Å². The summed E-state index contributed by atoms with van der Waals surface area (Å²) in [5.74, 6) is -0.267. The van der Waals surface area contributed by atoms with Gasteiger partial charge in [0.15, 0.2) is 8.32 Å². The van der Waals surface area contributed by atoms with Gasteiger partial charge < -0.3 is 9.16 Å². The molecule has 0 heterocycles. The number of fused-ring (bicyclic) bond motifs is 1. The van der Waals surface area contributed by atoms with Crippen molar-refractivity contribution >= 4 is 25.1 Å². The van der Waals surface area contributed by atoms with E-state index in [2.05, 4.69) is 64.2 Å². The van der Waals surface area contributed by atoms with Crippen LogP contribution in [0.5, 0.6) is 0 Å². The summed E-state index contributed by atoms with van der Waals surface area (Å²) >= 11 is 0. The van der Waals surface area contributed by atoms with E-state index in [0.29, 0.717) is 0 Å². The molecule has 1 unspecified atom stereocenters. The van der Waals surface area contributed by atoms with Gasteiger partial charge in [-0.3, -0.25) is 4.79 Å². The summed E-state index contributed by atoms with van der Waals surface area (Å²) in [5.41, 5.74) is -0.659. The van der Waals surface area contributed by atoms with Crippen molar-refractivity contribution in [3.8, 4) is 0 Å². The third-order valence-corrected chi connectivity index (χ3v) is 11.0. The maximum absolute atomic E-state index is 12.8. The van der Waals surface area contributed by atoms with Gasteiger partial charge in [-0.1, -0.05) is 57.2 Å². The highest BCUT2D eigenvalue weighted by Crippen LogP contribution is 2.50. The van der Waals surface area contributed by atoms with Crippen molar-refractivity contribution in [1.29, 1.82) is 0 Å². The summed E-state index contributed by atoms with van der Waals surface area (Å²) in [6.45, 7) is 17.0. The van der Waals surface area contributed by atoms with Crippen molar-refractivity contribution in [2.45, 2.75) is 65.3 Å². The molecule has 0 fully saturated rings. The van der Waals surface area contributed by atoms with Crippen molar-refractivity contribution in [1.82, 2.24) is 0 Å². The van der Waals surface area contributed by atoms with Crippen LogP contribution in [0.25, 0.3) is 10.8 Å². The molecule has 0 N–H and O–H groups in total. The Bertz CT molecular complexity index is 833. The number of carbonyl (C=O) groups excluding carboxylic acids is 1. The predicted octanol–water partition coefficient (Wildman–Crippen LogP) is 6.28. The zero-order chi connectivity index (χ0) is 20.7. The van der Waals surface area contributed by atoms with Crippen molar-refractivity contribution in [3.63, 3.8) is 0 Å². The number of hydrogen-bond donors (Lipinski definition) is 0. The summed E-state index contributed by atoms with van der Waals surface area (Å²) in [4.78, 5) is 12.8. The van der Waals surface area contributed by atoms with Crippen molar-refractivity contribution < 1.29 is 14.0 Å². The van der Waals surface area contributed by atoms with Gasteiger partial charge in [-0.05, 0) is 61.3 Å². The quantitative estimate of drug-likeness (QED) is 0.448. The largest absolute Gasteiger partial charge is 0.469 e. The first-order valence-corrected chi connectivity index (χ1v) is 12.4. The molecule has 148 valence electrons. The lowest BCUT2D eigenvalue weighted by Gasteiger charge is -2.50. The van der Waals surface area contributed by atoms with E-state index in [9.17, 15) is 4.79 Å². The molecule has 0 bridgehead atoms. The molecule has 3 nitrogen and oxygen atoms in total. The van der Waals surface area contributed by atoms with Crippen LogP contribution in [0.2, 0.25) is 18.1 Å². The highest BCUT2D eigenvalue weighted by Gasteiger charge is 2.54. The molecule has 27 heavy (non-hydrogen) atoms. The second kappa shape index (κ2) is 7.06. The van der Waals surface area contributed by atoms with Gasteiger partial charge in [0.05, 0.1) is 18.1 Å². The summed E-state index contributed by atoms with van der Waals surface area (Å²) in [6.07, 6.45) is 0. The van der Waals surface area contributed by atoms with Crippen LogP contribution in [0.3, 0.4) is 0 Å². The molecule has 4 heteroatoms. The molecule has 0 aliphatic rings. The van der Waals surface area contributed by atoms with Crippen molar-refractivity contribution in [3.05, 3.63) is 48.0 Å². The highest BCUT2D eigenvalue weighted by molar-refractivity contribution is 6.74. The molecule has 0 spiro atoms. The fourth-order valence-electron chi connectivity index (χ4n) is 3.15. The monoisotopic (exact) mass is 386 g/mol. The fraction of sp³-hybridized carbons (Fsp3) is 0.522. The van der Waals surface area contributed by atoms with Crippen LogP contribution in [0.15, 0.2) is 42.5 Å². The normalized spacial score (nSPS) is 15.4. The van der Waals surface area contributed by atoms with Gasteiger partial charge in [-0.25, -0.2) is 0 Å². The van der Waals surface area contributed by atoms with Gasteiger partial charge >= 0.3 is 5.97 Å². The van der Waals surface area contributed by atoms with Gasteiger partial charge in [0.2, 0.25) is 0 Å². The van der Waals surface area contributed by atoms with Crippen LogP contribution in [-0.4, -0.2) is 21.4 Å². The number of esters is 1. The molecule has 0 aromatic heterocycles. The number of methoxy groups -OCH3 is 1. The Morgan fingerprint density at radius 1 is 0.889 bits per heavy atom. The third kappa shape index (κ3) is 3.83. The van der Waals surface area contributed by atoms with E-state index < -0.39 is 19.3 Å². The summed E-state index contributed by atoms with van der Waals surface area (Å²) < 4.78 is 12.1. The highest BCUT2D eigenvalue weighted by atomic mass is 28.4. The first kappa shape index (κ1) is 21.6. The molecule has 0 saturated carbocycles. The zero-order valence-electron chi connectivity index (χ0n) is 18.3. The standard InChI is InChI=1S/C23H34O3Si/c1-21(2,3)27(8,9)26-23(6,22(4,5)20(24)25-7)19-15-14-17-12-10-11-13-18(17)16-19/h10-16H,1-9H3. The number of hydrogen-bond acceptors (Lipinski definition) is 3. The maximum Gasteiger partial charge on any atom is 0.314 e. The minimum absolute atomic E-state index is 0.0251. The lowest BCUT2D eigenvalue weighted by Crippen LogP contribution is -2.55. The third-order valence-electron chi connectivity index (χ3n) is 6.45. The Labute approximate surface area is 165 Å². The SMILES string of the molecule is COC(=O)C(C)(C)C(C)(O[Si](C)(C)C(C)(C)C)c1ccc2ccccc2c1. The van der Waals surface area contributed by atoms with E-state index in [1.807, 2.05) is 32.9 Å². The predicted molar refractivity (Wildman–Crippen MR) is 115 cm³/mol. The van der Waals surface area contributed by atoms with Gasteiger partial charge in [-0.2, -0.15) is 0 Å². The van der Waals surface area contributed by atoms with Crippen LogP contribution < -0.4 is 0 Å². The van der Waals surface area contributed by atoms with E-state index in [1.54, 1.807) is 0 Å². The molecular formula is C23H34O3Si. The molecule has 0 radical (unpaired) electrons. The zero-order valence-corrected chi connectivity index (χ0v) is 19.3. The molecule has 0 amide bonds. The van der Waals surface area contributed by atoms with Crippen molar-refractivity contribution in [2.24, 2.45) is 5.41 Å². The Balaban J connectivity index is 2.70. The van der Waals surface area contributed by atoms with E-state index >= 15 is 0 Å². The topological polar surface area (TPSA) is 35.5 Å².